The summed E-state index contributed by atoms with van der Waals surface area (Å²) in [6.45, 7) is 5.38. The van der Waals surface area contributed by atoms with Gasteiger partial charge in [-0.05, 0) is 38.2 Å². The lowest BCUT2D eigenvalue weighted by Gasteiger charge is -2.22. The third-order valence-corrected chi connectivity index (χ3v) is 3.92. The molecule has 6 heteroatoms. The van der Waals surface area contributed by atoms with Gasteiger partial charge in [-0.15, -0.1) is 0 Å². The number of anilines is 1. The summed E-state index contributed by atoms with van der Waals surface area (Å²) >= 11 is 1.47. The minimum Gasteiger partial charge on any atom is -0.387 e. The van der Waals surface area contributed by atoms with Crippen LogP contribution in [0.1, 0.15) is 18.1 Å². The van der Waals surface area contributed by atoms with E-state index in [2.05, 4.69) is 10.6 Å². The molecule has 1 rings (SSSR count). The fraction of sp³-hybridized carbons (Fsp3) is 0.467. The quantitative estimate of drug-likeness (QED) is 0.720. The molecule has 0 heterocycles. The molecule has 1 atom stereocenters. The molecule has 0 fully saturated rings. The third-order valence-electron chi connectivity index (χ3n) is 3.01. The zero-order valence-corrected chi connectivity index (χ0v) is 13.6. The molecule has 0 saturated carbocycles. The van der Waals surface area contributed by atoms with Gasteiger partial charge in [-0.25, -0.2) is 0 Å². The molecule has 1 aromatic rings. The van der Waals surface area contributed by atoms with Crippen LogP contribution in [0.25, 0.3) is 0 Å². The van der Waals surface area contributed by atoms with E-state index < -0.39 is 17.4 Å². The topological polar surface area (TPSA) is 78.4 Å². The molecule has 0 radical (unpaired) electrons. The van der Waals surface area contributed by atoms with Gasteiger partial charge in [-0.1, -0.05) is 18.2 Å². The lowest BCUT2D eigenvalue weighted by Crippen LogP contribution is -2.46. The number of carbonyl (C=O) groups excluding carboxylic acids is 2. The number of hydrogen-bond acceptors (Lipinski definition) is 4. The fourth-order valence-corrected chi connectivity index (χ4v) is 2.62. The standard InChI is InChI=1S/C15H22N2O3S/c1-10-6-5-7-11(2)12(10)17-14(19)13(18)16-8-15(3,20)9-21-4/h5-7,20H,8-9H2,1-4H3,(H,16,18)(H,17,19). The first kappa shape index (κ1) is 17.5. The van der Waals surface area contributed by atoms with Crippen molar-refractivity contribution in [2.75, 3.05) is 23.9 Å². The number of benzene rings is 1. The van der Waals surface area contributed by atoms with Gasteiger partial charge in [0.05, 0.1) is 5.60 Å². The van der Waals surface area contributed by atoms with E-state index in [0.717, 1.165) is 11.1 Å². The van der Waals surface area contributed by atoms with Gasteiger partial charge in [0.1, 0.15) is 0 Å². The molecule has 0 spiro atoms. The third kappa shape index (κ3) is 5.40. The van der Waals surface area contributed by atoms with Crippen molar-refractivity contribution in [1.82, 2.24) is 5.32 Å². The van der Waals surface area contributed by atoms with Crippen molar-refractivity contribution in [1.29, 1.82) is 0 Å². The molecule has 0 aliphatic heterocycles. The molecule has 21 heavy (non-hydrogen) atoms. The first-order chi connectivity index (χ1) is 9.76. The molecule has 0 aromatic heterocycles. The summed E-state index contributed by atoms with van der Waals surface area (Å²) < 4.78 is 0. The number of rotatable bonds is 5. The van der Waals surface area contributed by atoms with Crippen LogP contribution < -0.4 is 10.6 Å². The second kappa shape index (κ2) is 7.47. The van der Waals surface area contributed by atoms with E-state index in [-0.39, 0.29) is 6.54 Å². The number of amides is 2. The van der Waals surface area contributed by atoms with Crippen molar-refractivity contribution in [2.24, 2.45) is 0 Å². The maximum Gasteiger partial charge on any atom is 0.313 e. The predicted molar refractivity (Wildman–Crippen MR) is 86.6 cm³/mol. The van der Waals surface area contributed by atoms with Crippen LogP contribution in [0.15, 0.2) is 18.2 Å². The van der Waals surface area contributed by atoms with E-state index in [1.54, 1.807) is 6.92 Å². The number of nitrogens with one attached hydrogen (secondary N) is 2. The number of aryl methyl sites for hydroxylation is 2. The van der Waals surface area contributed by atoms with Crippen LogP contribution >= 0.6 is 11.8 Å². The molecule has 5 nitrogen and oxygen atoms in total. The van der Waals surface area contributed by atoms with Crippen LogP contribution in [0, 0.1) is 13.8 Å². The van der Waals surface area contributed by atoms with Crippen LogP contribution in [-0.4, -0.2) is 41.1 Å². The summed E-state index contributed by atoms with van der Waals surface area (Å²) in [5, 5.41) is 15.0. The van der Waals surface area contributed by atoms with Crippen molar-refractivity contribution in [3.8, 4) is 0 Å². The number of aliphatic hydroxyl groups is 1. The van der Waals surface area contributed by atoms with Gasteiger partial charge < -0.3 is 15.7 Å². The van der Waals surface area contributed by atoms with E-state index in [9.17, 15) is 14.7 Å². The molecule has 116 valence electrons. The molecule has 0 saturated heterocycles. The Kier molecular flexibility index (Phi) is 6.23. The van der Waals surface area contributed by atoms with Crippen molar-refractivity contribution in [3.63, 3.8) is 0 Å². The van der Waals surface area contributed by atoms with Gasteiger partial charge in [0.25, 0.3) is 0 Å². The molecular formula is C15H22N2O3S. The highest BCUT2D eigenvalue weighted by Crippen LogP contribution is 2.19. The smallest absolute Gasteiger partial charge is 0.313 e. The fourth-order valence-electron chi connectivity index (χ4n) is 1.89. The Hall–Kier alpha value is -1.53. The molecule has 2 amide bonds. The van der Waals surface area contributed by atoms with E-state index in [1.165, 1.54) is 11.8 Å². The number of thioether (sulfide) groups is 1. The number of para-hydroxylation sites is 1. The first-order valence-corrected chi connectivity index (χ1v) is 8.03. The average molecular weight is 310 g/mol. The van der Waals surface area contributed by atoms with E-state index in [1.807, 2.05) is 38.3 Å². The number of carbonyl (C=O) groups is 2. The Labute approximate surface area is 129 Å². The molecule has 1 unspecified atom stereocenters. The molecule has 0 aliphatic rings. The van der Waals surface area contributed by atoms with Gasteiger partial charge in [-0.2, -0.15) is 11.8 Å². The Balaban J connectivity index is 2.62. The largest absolute Gasteiger partial charge is 0.387 e. The highest BCUT2D eigenvalue weighted by molar-refractivity contribution is 7.98. The summed E-state index contributed by atoms with van der Waals surface area (Å²) in [6.07, 6.45) is 1.87. The Morgan fingerprint density at radius 2 is 1.81 bits per heavy atom. The molecule has 1 aromatic carbocycles. The lowest BCUT2D eigenvalue weighted by molar-refractivity contribution is -0.136. The number of hydrogen-bond donors (Lipinski definition) is 3. The Bertz CT molecular complexity index is 509. The molecule has 3 N–H and O–H groups in total. The van der Waals surface area contributed by atoms with Crippen LogP contribution in [0.2, 0.25) is 0 Å². The van der Waals surface area contributed by atoms with Crippen molar-refractivity contribution in [2.45, 2.75) is 26.4 Å². The SMILES string of the molecule is CSCC(C)(O)CNC(=O)C(=O)Nc1c(C)cccc1C. The van der Waals surface area contributed by atoms with Crippen LogP contribution in [0.3, 0.4) is 0 Å². The average Bonchev–Trinajstić information content (AvgIpc) is 2.40. The Morgan fingerprint density at radius 1 is 1.24 bits per heavy atom. The summed E-state index contributed by atoms with van der Waals surface area (Å²) in [4.78, 5) is 23.7. The van der Waals surface area contributed by atoms with Crippen LogP contribution in [-0.2, 0) is 9.59 Å². The van der Waals surface area contributed by atoms with E-state index in [4.69, 9.17) is 0 Å². The van der Waals surface area contributed by atoms with Gasteiger partial charge in [0.15, 0.2) is 0 Å². The minimum absolute atomic E-state index is 0.0346. The van der Waals surface area contributed by atoms with Gasteiger partial charge in [-0.3, -0.25) is 9.59 Å². The maximum absolute atomic E-state index is 11.9. The molecular weight excluding hydrogens is 288 g/mol. The normalized spacial score (nSPS) is 13.4. The highest BCUT2D eigenvalue weighted by Gasteiger charge is 2.23. The summed E-state index contributed by atoms with van der Waals surface area (Å²) in [5.41, 5.74) is 1.40. The second-order valence-corrected chi connectivity index (χ2v) is 6.20. The summed E-state index contributed by atoms with van der Waals surface area (Å²) in [7, 11) is 0. The molecule has 0 bridgehead atoms. The van der Waals surface area contributed by atoms with Crippen LogP contribution in [0.4, 0.5) is 5.69 Å². The second-order valence-electron chi connectivity index (χ2n) is 5.33. The van der Waals surface area contributed by atoms with Gasteiger partial charge >= 0.3 is 11.8 Å². The minimum atomic E-state index is -1.03. The van der Waals surface area contributed by atoms with Crippen LogP contribution in [0.5, 0.6) is 0 Å². The van der Waals surface area contributed by atoms with Crippen molar-refractivity contribution < 1.29 is 14.7 Å². The highest BCUT2D eigenvalue weighted by atomic mass is 32.2. The van der Waals surface area contributed by atoms with Gasteiger partial charge in [0, 0.05) is 18.0 Å². The zero-order valence-electron chi connectivity index (χ0n) is 12.8. The molecule has 0 aliphatic carbocycles. The summed E-state index contributed by atoms with van der Waals surface area (Å²) in [6, 6.07) is 5.62. The van der Waals surface area contributed by atoms with Gasteiger partial charge in [0.2, 0.25) is 0 Å². The maximum atomic E-state index is 11.9. The van der Waals surface area contributed by atoms with E-state index in [0.29, 0.717) is 11.4 Å². The predicted octanol–water partition coefficient (Wildman–Crippen LogP) is 1.47. The van der Waals surface area contributed by atoms with Crippen molar-refractivity contribution >= 4 is 29.3 Å². The van der Waals surface area contributed by atoms with Crippen molar-refractivity contribution in [3.05, 3.63) is 29.3 Å². The Morgan fingerprint density at radius 3 is 2.33 bits per heavy atom. The monoisotopic (exact) mass is 310 g/mol. The lowest BCUT2D eigenvalue weighted by atomic mass is 10.1. The first-order valence-electron chi connectivity index (χ1n) is 6.63. The van der Waals surface area contributed by atoms with E-state index >= 15 is 0 Å². The summed E-state index contributed by atoms with van der Waals surface area (Å²) in [5.74, 6) is -1.00. The zero-order chi connectivity index (χ0) is 16.0.